The molecular weight excluding hydrogens is 190 g/mol. The summed E-state index contributed by atoms with van der Waals surface area (Å²) >= 11 is 0. The molecule has 2 unspecified atom stereocenters. The summed E-state index contributed by atoms with van der Waals surface area (Å²) in [6.07, 6.45) is 5.28. The van der Waals surface area contributed by atoms with E-state index in [-0.39, 0.29) is 0 Å². The molecule has 4 nitrogen and oxygen atoms in total. The summed E-state index contributed by atoms with van der Waals surface area (Å²) in [6.45, 7) is 2.63. The first kappa shape index (κ1) is 9.36. The lowest BCUT2D eigenvalue weighted by molar-refractivity contribution is 0.192. The van der Waals surface area contributed by atoms with Gasteiger partial charge in [-0.1, -0.05) is 0 Å². The summed E-state index contributed by atoms with van der Waals surface area (Å²) in [7, 11) is 0. The predicted octanol–water partition coefficient (Wildman–Crippen LogP) is 0.660. The van der Waals surface area contributed by atoms with Gasteiger partial charge in [0.05, 0.1) is 6.61 Å². The Kier molecular flexibility index (Phi) is 2.25. The van der Waals surface area contributed by atoms with Gasteiger partial charge in [0.25, 0.3) is 0 Å². The fourth-order valence-corrected chi connectivity index (χ4v) is 2.56. The molecule has 0 aliphatic carbocycles. The van der Waals surface area contributed by atoms with Crippen LogP contribution in [0, 0.1) is 0 Å². The lowest BCUT2D eigenvalue weighted by atomic mass is 10.0. The van der Waals surface area contributed by atoms with Crippen molar-refractivity contribution in [1.82, 2.24) is 9.55 Å². The molecule has 1 saturated heterocycles. The Morgan fingerprint density at radius 2 is 2.40 bits per heavy atom. The molecule has 1 aromatic heterocycles. The van der Waals surface area contributed by atoms with Crippen molar-refractivity contribution in [2.24, 2.45) is 5.73 Å². The number of aryl methyl sites for hydroxylation is 1. The Hall–Kier alpha value is -0.870. The molecule has 4 heteroatoms. The highest BCUT2D eigenvalue weighted by Gasteiger charge is 2.26. The SMILES string of the molecule is NC1CCc2cnc(C3CCOC3)n2C1. The van der Waals surface area contributed by atoms with Crippen LogP contribution < -0.4 is 5.73 Å². The van der Waals surface area contributed by atoms with Gasteiger partial charge in [0, 0.05) is 37.0 Å². The second kappa shape index (κ2) is 3.61. The van der Waals surface area contributed by atoms with Crippen molar-refractivity contribution in [2.45, 2.75) is 37.8 Å². The highest BCUT2D eigenvalue weighted by atomic mass is 16.5. The van der Waals surface area contributed by atoms with E-state index in [9.17, 15) is 0 Å². The van der Waals surface area contributed by atoms with Gasteiger partial charge in [0.1, 0.15) is 5.82 Å². The van der Waals surface area contributed by atoms with Crippen LogP contribution in [0.5, 0.6) is 0 Å². The van der Waals surface area contributed by atoms with E-state index >= 15 is 0 Å². The smallest absolute Gasteiger partial charge is 0.114 e. The average Bonchev–Trinajstić information content (AvgIpc) is 2.83. The van der Waals surface area contributed by atoms with Gasteiger partial charge in [0.15, 0.2) is 0 Å². The van der Waals surface area contributed by atoms with Gasteiger partial charge in [-0.15, -0.1) is 0 Å². The Morgan fingerprint density at radius 1 is 1.47 bits per heavy atom. The zero-order valence-corrected chi connectivity index (χ0v) is 8.85. The van der Waals surface area contributed by atoms with E-state index in [1.54, 1.807) is 0 Å². The first-order chi connectivity index (χ1) is 7.34. The van der Waals surface area contributed by atoms with Crippen LogP contribution in [-0.4, -0.2) is 28.8 Å². The molecule has 0 aromatic carbocycles. The molecule has 2 N–H and O–H groups in total. The van der Waals surface area contributed by atoms with E-state index in [1.807, 2.05) is 6.20 Å². The number of ether oxygens (including phenoxy) is 1. The van der Waals surface area contributed by atoms with E-state index in [4.69, 9.17) is 10.5 Å². The van der Waals surface area contributed by atoms with Crippen molar-refractivity contribution in [3.8, 4) is 0 Å². The van der Waals surface area contributed by atoms with Crippen molar-refractivity contribution in [2.75, 3.05) is 13.2 Å². The van der Waals surface area contributed by atoms with Gasteiger partial charge >= 0.3 is 0 Å². The summed E-state index contributed by atoms with van der Waals surface area (Å²) in [5, 5.41) is 0. The summed E-state index contributed by atoms with van der Waals surface area (Å²) in [5.41, 5.74) is 7.34. The van der Waals surface area contributed by atoms with Gasteiger partial charge in [-0.3, -0.25) is 0 Å². The lowest BCUT2D eigenvalue weighted by Gasteiger charge is -2.23. The van der Waals surface area contributed by atoms with Gasteiger partial charge in [-0.2, -0.15) is 0 Å². The maximum Gasteiger partial charge on any atom is 0.114 e. The fourth-order valence-electron chi connectivity index (χ4n) is 2.56. The second-order valence-electron chi connectivity index (χ2n) is 4.58. The van der Waals surface area contributed by atoms with Gasteiger partial charge in [0.2, 0.25) is 0 Å². The van der Waals surface area contributed by atoms with Crippen LogP contribution in [0.3, 0.4) is 0 Å². The van der Waals surface area contributed by atoms with Gasteiger partial charge in [-0.05, 0) is 19.3 Å². The molecule has 0 radical (unpaired) electrons. The first-order valence-corrected chi connectivity index (χ1v) is 5.72. The van der Waals surface area contributed by atoms with Crippen molar-refractivity contribution in [1.29, 1.82) is 0 Å². The highest BCUT2D eigenvalue weighted by molar-refractivity contribution is 5.13. The third-order valence-electron chi connectivity index (χ3n) is 3.45. The number of imidazole rings is 1. The Balaban J connectivity index is 1.92. The van der Waals surface area contributed by atoms with E-state index in [0.29, 0.717) is 12.0 Å². The van der Waals surface area contributed by atoms with Crippen LogP contribution in [0.4, 0.5) is 0 Å². The van der Waals surface area contributed by atoms with E-state index < -0.39 is 0 Å². The number of nitrogens with zero attached hydrogens (tertiary/aromatic N) is 2. The van der Waals surface area contributed by atoms with Crippen LogP contribution in [0.1, 0.15) is 30.3 Å². The van der Waals surface area contributed by atoms with Crippen molar-refractivity contribution in [3.05, 3.63) is 17.7 Å². The van der Waals surface area contributed by atoms with E-state index in [0.717, 1.165) is 39.0 Å². The number of hydrogen-bond acceptors (Lipinski definition) is 3. The minimum atomic E-state index is 0.299. The van der Waals surface area contributed by atoms with Crippen LogP contribution in [0.15, 0.2) is 6.20 Å². The van der Waals surface area contributed by atoms with Crippen LogP contribution in [-0.2, 0) is 17.7 Å². The fraction of sp³-hybridized carbons (Fsp3) is 0.727. The predicted molar refractivity (Wildman–Crippen MR) is 56.7 cm³/mol. The molecular formula is C11H17N3O. The molecule has 2 atom stereocenters. The number of rotatable bonds is 1. The molecule has 2 aliphatic rings. The monoisotopic (exact) mass is 207 g/mol. The van der Waals surface area contributed by atoms with Crippen molar-refractivity contribution in [3.63, 3.8) is 0 Å². The van der Waals surface area contributed by atoms with E-state index in [1.165, 1.54) is 11.5 Å². The molecule has 0 saturated carbocycles. The molecule has 2 aliphatic heterocycles. The van der Waals surface area contributed by atoms with Gasteiger partial charge in [-0.25, -0.2) is 4.98 Å². The highest BCUT2D eigenvalue weighted by Crippen LogP contribution is 2.27. The molecule has 15 heavy (non-hydrogen) atoms. The minimum absolute atomic E-state index is 0.299. The molecule has 1 aromatic rings. The molecule has 3 heterocycles. The standard InChI is InChI=1S/C11H17N3O/c12-9-1-2-10-5-13-11(14(10)6-9)8-3-4-15-7-8/h5,8-9H,1-4,6-7,12H2. The molecule has 0 spiro atoms. The molecule has 82 valence electrons. The first-order valence-electron chi connectivity index (χ1n) is 5.72. The number of nitrogens with two attached hydrogens (primary N) is 1. The summed E-state index contributed by atoms with van der Waals surface area (Å²) in [5.74, 6) is 1.68. The van der Waals surface area contributed by atoms with Crippen molar-refractivity contribution < 1.29 is 4.74 Å². The number of aromatic nitrogens is 2. The summed E-state index contributed by atoms with van der Waals surface area (Å²) < 4.78 is 7.73. The Labute approximate surface area is 89.4 Å². The zero-order chi connectivity index (χ0) is 10.3. The van der Waals surface area contributed by atoms with Crippen LogP contribution in [0.25, 0.3) is 0 Å². The average molecular weight is 207 g/mol. The Morgan fingerprint density at radius 3 is 3.20 bits per heavy atom. The van der Waals surface area contributed by atoms with Crippen molar-refractivity contribution >= 4 is 0 Å². The largest absolute Gasteiger partial charge is 0.381 e. The van der Waals surface area contributed by atoms with E-state index in [2.05, 4.69) is 9.55 Å². The Bertz CT molecular complexity index is 355. The zero-order valence-electron chi connectivity index (χ0n) is 8.85. The maximum absolute atomic E-state index is 6.00. The normalized spacial score (nSPS) is 30.5. The van der Waals surface area contributed by atoms with Crippen LogP contribution in [0.2, 0.25) is 0 Å². The maximum atomic E-state index is 6.00. The minimum Gasteiger partial charge on any atom is -0.381 e. The quantitative estimate of drug-likeness (QED) is 0.736. The third kappa shape index (κ3) is 1.58. The molecule has 1 fully saturated rings. The topological polar surface area (TPSA) is 53.1 Å². The van der Waals surface area contributed by atoms with Crippen LogP contribution >= 0.6 is 0 Å². The molecule has 0 bridgehead atoms. The summed E-state index contributed by atoms with van der Waals surface area (Å²) in [6, 6.07) is 0.299. The lowest BCUT2D eigenvalue weighted by Crippen LogP contribution is -2.33. The number of fused-ring (bicyclic) bond motifs is 1. The number of hydrogen-bond donors (Lipinski definition) is 1. The second-order valence-corrected chi connectivity index (χ2v) is 4.58. The molecule has 0 amide bonds. The molecule has 3 rings (SSSR count). The van der Waals surface area contributed by atoms with Gasteiger partial charge < -0.3 is 15.0 Å². The summed E-state index contributed by atoms with van der Waals surface area (Å²) in [4.78, 5) is 4.54. The third-order valence-corrected chi connectivity index (χ3v) is 3.45.